The summed E-state index contributed by atoms with van der Waals surface area (Å²) in [6, 6.07) is 0.271. The summed E-state index contributed by atoms with van der Waals surface area (Å²) >= 11 is 0. The van der Waals surface area contributed by atoms with Crippen LogP contribution in [-0.4, -0.2) is 31.5 Å². The van der Waals surface area contributed by atoms with Crippen molar-refractivity contribution in [3.05, 3.63) is 48.6 Å². The molecule has 1 aliphatic carbocycles. The van der Waals surface area contributed by atoms with Crippen molar-refractivity contribution in [3.8, 4) is 0 Å². The second kappa shape index (κ2) is 33.2. The predicted molar refractivity (Wildman–Crippen MR) is 195 cm³/mol. The monoisotopic (exact) mass is 614 g/mol. The minimum Gasteiger partial charge on any atom is -0.376 e. The van der Waals surface area contributed by atoms with Gasteiger partial charge in [-0.3, -0.25) is 0 Å². The molecular formula is C41H75NO2. The summed E-state index contributed by atoms with van der Waals surface area (Å²) in [5.74, 6) is 0. The van der Waals surface area contributed by atoms with E-state index in [1.807, 2.05) is 0 Å². The van der Waals surface area contributed by atoms with Gasteiger partial charge in [-0.25, -0.2) is 0 Å². The van der Waals surface area contributed by atoms with Crippen LogP contribution in [0, 0.1) is 0 Å². The lowest BCUT2D eigenvalue weighted by Gasteiger charge is -2.34. The third kappa shape index (κ3) is 27.2. The van der Waals surface area contributed by atoms with E-state index in [2.05, 4.69) is 62.5 Å². The highest BCUT2D eigenvalue weighted by molar-refractivity contribution is 4.93. The predicted octanol–water partition coefficient (Wildman–Crippen LogP) is 12.5. The molecule has 1 aliphatic rings. The minimum atomic E-state index is 0.191. The average Bonchev–Trinajstić information content (AvgIpc) is 3.03. The van der Waals surface area contributed by atoms with Gasteiger partial charge in [-0.05, 0) is 89.9 Å². The van der Waals surface area contributed by atoms with Crippen molar-refractivity contribution in [2.75, 3.05) is 13.2 Å². The van der Waals surface area contributed by atoms with Crippen LogP contribution in [-0.2, 0) is 9.47 Å². The van der Waals surface area contributed by atoms with Crippen LogP contribution in [0.25, 0.3) is 0 Å². The van der Waals surface area contributed by atoms with Gasteiger partial charge in [0.15, 0.2) is 0 Å². The molecule has 0 aromatic rings. The van der Waals surface area contributed by atoms with E-state index in [0.717, 1.165) is 51.7 Å². The van der Waals surface area contributed by atoms with Crippen molar-refractivity contribution < 1.29 is 9.47 Å². The number of ether oxygens (including phenoxy) is 2. The van der Waals surface area contributed by atoms with Gasteiger partial charge >= 0.3 is 0 Å². The molecule has 0 radical (unpaired) electrons. The smallest absolute Gasteiger partial charge is 0.0851 e. The van der Waals surface area contributed by atoms with Gasteiger partial charge in [-0.1, -0.05) is 140 Å². The molecule has 3 nitrogen and oxygen atoms in total. The molecule has 0 aliphatic heterocycles. The van der Waals surface area contributed by atoms with E-state index in [4.69, 9.17) is 15.2 Å². The topological polar surface area (TPSA) is 44.5 Å². The molecule has 0 bridgehead atoms. The van der Waals surface area contributed by atoms with Gasteiger partial charge in [0.25, 0.3) is 0 Å². The Kier molecular flexibility index (Phi) is 30.8. The Morgan fingerprint density at radius 2 is 0.864 bits per heavy atom. The lowest BCUT2D eigenvalue weighted by atomic mass is 9.91. The normalized spacial score (nSPS) is 19.5. The fourth-order valence-corrected chi connectivity index (χ4v) is 5.96. The number of hydrogen-bond donors (Lipinski definition) is 1. The van der Waals surface area contributed by atoms with E-state index >= 15 is 0 Å². The summed E-state index contributed by atoms with van der Waals surface area (Å²) in [6.45, 7) is 6.25. The van der Waals surface area contributed by atoms with E-state index in [9.17, 15) is 0 Å². The van der Waals surface area contributed by atoms with Gasteiger partial charge in [0.1, 0.15) is 0 Å². The SMILES string of the molecule is CCCCC=CCC=CCCCCCCCCOC1CCC(N)CC1OCCCCCCCCC=CCC=CCCCCC. The summed E-state index contributed by atoms with van der Waals surface area (Å²) < 4.78 is 12.7. The van der Waals surface area contributed by atoms with Gasteiger partial charge in [-0.2, -0.15) is 0 Å². The maximum absolute atomic E-state index is 6.34. The summed E-state index contributed by atoms with van der Waals surface area (Å²) in [4.78, 5) is 0. The molecule has 0 aromatic carbocycles. The number of rotatable bonds is 31. The van der Waals surface area contributed by atoms with E-state index < -0.39 is 0 Å². The van der Waals surface area contributed by atoms with Crippen molar-refractivity contribution in [2.45, 2.75) is 199 Å². The summed E-state index contributed by atoms with van der Waals surface area (Å²) in [5, 5.41) is 0. The Morgan fingerprint density at radius 1 is 0.455 bits per heavy atom. The Balaban J connectivity index is 1.96. The van der Waals surface area contributed by atoms with Crippen LogP contribution in [0.1, 0.15) is 181 Å². The van der Waals surface area contributed by atoms with Gasteiger partial charge < -0.3 is 15.2 Å². The zero-order valence-electron chi connectivity index (χ0n) is 29.5. The molecule has 256 valence electrons. The zero-order chi connectivity index (χ0) is 31.6. The number of allylic oxidation sites excluding steroid dienone is 8. The van der Waals surface area contributed by atoms with Crippen LogP contribution in [0.3, 0.4) is 0 Å². The fourth-order valence-electron chi connectivity index (χ4n) is 5.96. The first-order valence-electron chi connectivity index (χ1n) is 19.4. The van der Waals surface area contributed by atoms with Crippen LogP contribution in [0.15, 0.2) is 48.6 Å². The first-order valence-corrected chi connectivity index (χ1v) is 19.4. The van der Waals surface area contributed by atoms with Gasteiger partial charge in [0, 0.05) is 19.3 Å². The van der Waals surface area contributed by atoms with Crippen molar-refractivity contribution in [1.82, 2.24) is 0 Å². The number of unbranched alkanes of at least 4 members (excludes halogenated alkanes) is 17. The third-order valence-corrected chi connectivity index (χ3v) is 8.88. The molecule has 3 atom stereocenters. The Hall–Kier alpha value is -1.16. The summed E-state index contributed by atoms with van der Waals surface area (Å²) in [7, 11) is 0. The Morgan fingerprint density at radius 3 is 1.36 bits per heavy atom. The number of nitrogens with two attached hydrogens (primary N) is 1. The standard InChI is InChI=1S/C41H75NO2/c1-3-5-7-9-11-13-15-17-19-21-23-25-27-29-31-33-37-44-41-38-39(42)34-35-40(41)43-36-32-30-28-26-24-22-20-18-16-14-12-10-8-6-4-2/h10-13,16-19,39-41H,3-9,14-15,20-38,42H2,1-2H3. The maximum Gasteiger partial charge on any atom is 0.0851 e. The van der Waals surface area contributed by atoms with E-state index in [-0.39, 0.29) is 18.2 Å². The second-order valence-corrected chi connectivity index (χ2v) is 13.2. The van der Waals surface area contributed by atoms with Crippen LogP contribution < -0.4 is 5.73 Å². The molecule has 1 fully saturated rings. The molecule has 0 spiro atoms. The van der Waals surface area contributed by atoms with Crippen LogP contribution in [0.5, 0.6) is 0 Å². The second-order valence-electron chi connectivity index (χ2n) is 13.2. The van der Waals surface area contributed by atoms with E-state index in [0.29, 0.717) is 0 Å². The summed E-state index contributed by atoms with van der Waals surface area (Å²) in [6.07, 6.45) is 51.5. The highest BCUT2D eigenvalue weighted by Crippen LogP contribution is 2.24. The van der Waals surface area contributed by atoms with Crippen molar-refractivity contribution in [2.24, 2.45) is 5.73 Å². The molecule has 0 saturated heterocycles. The Bertz CT molecular complexity index is 697. The van der Waals surface area contributed by atoms with Crippen LogP contribution in [0.4, 0.5) is 0 Å². The molecule has 44 heavy (non-hydrogen) atoms. The van der Waals surface area contributed by atoms with Gasteiger partial charge in [-0.15, -0.1) is 0 Å². The lowest BCUT2D eigenvalue weighted by Crippen LogP contribution is -2.43. The van der Waals surface area contributed by atoms with Gasteiger partial charge in [0.2, 0.25) is 0 Å². The largest absolute Gasteiger partial charge is 0.376 e. The number of hydrogen-bond acceptors (Lipinski definition) is 3. The van der Waals surface area contributed by atoms with Crippen LogP contribution >= 0.6 is 0 Å². The first kappa shape index (κ1) is 40.9. The van der Waals surface area contributed by atoms with Crippen LogP contribution in [0.2, 0.25) is 0 Å². The quantitative estimate of drug-likeness (QED) is 0.0625. The Labute approximate surface area is 275 Å². The fraction of sp³-hybridized carbons (Fsp3) is 0.805. The third-order valence-electron chi connectivity index (χ3n) is 8.88. The van der Waals surface area contributed by atoms with Crippen molar-refractivity contribution >= 4 is 0 Å². The molecule has 0 aromatic heterocycles. The average molecular weight is 614 g/mol. The lowest BCUT2D eigenvalue weighted by molar-refractivity contribution is -0.0965. The molecule has 0 amide bonds. The molecule has 3 unspecified atom stereocenters. The molecule has 2 N–H and O–H groups in total. The van der Waals surface area contributed by atoms with E-state index in [1.165, 1.54) is 128 Å². The van der Waals surface area contributed by atoms with Gasteiger partial charge in [0.05, 0.1) is 12.2 Å². The van der Waals surface area contributed by atoms with E-state index in [1.54, 1.807) is 0 Å². The molecule has 0 heterocycles. The molecule has 1 saturated carbocycles. The maximum atomic E-state index is 6.34. The zero-order valence-corrected chi connectivity index (χ0v) is 29.5. The first-order chi connectivity index (χ1) is 21.8. The van der Waals surface area contributed by atoms with Crippen molar-refractivity contribution in [1.29, 1.82) is 0 Å². The minimum absolute atomic E-state index is 0.191. The van der Waals surface area contributed by atoms with Crippen molar-refractivity contribution in [3.63, 3.8) is 0 Å². The highest BCUT2D eigenvalue weighted by atomic mass is 16.5. The molecule has 3 heteroatoms. The summed E-state index contributed by atoms with van der Waals surface area (Å²) in [5.41, 5.74) is 6.29. The molecular weight excluding hydrogens is 538 g/mol. The highest BCUT2D eigenvalue weighted by Gasteiger charge is 2.30. The molecule has 1 rings (SSSR count).